The minimum Gasteiger partial charge on any atom is -0.384 e. The van der Waals surface area contributed by atoms with E-state index in [1.807, 2.05) is 69.0 Å². The number of rotatable bonds is 11. The normalized spacial score (nSPS) is 11.6. The van der Waals surface area contributed by atoms with Gasteiger partial charge in [0.2, 0.25) is 0 Å². The SMILES string of the molecule is CN(C)CCNc1cc(F)cc(-c2nccc3[nH]c(-c4n[nH]c5cnc(-c6cncc(CNCc7ccccc7)c6)cc45)cc23)c1. The van der Waals surface area contributed by atoms with Gasteiger partial charge < -0.3 is 20.5 Å². The Balaban J connectivity index is 1.17. The number of likely N-dealkylation sites (N-methyl/N-ethyl adjacent to an activating group) is 1. The highest BCUT2D eigenvalue weighted by Crippen LogP contribution is 2.35. The van der Waals surface area contributed by atoms with Crippen molar-refractivity contribution in [3.63, 3.8) is 0 Å². The molecule has 0 unspecified atom stereocenters. The zero-order chi connectivity index (χ0) is 31.5. The van der Waals surface area contributed by atoms with E-state index in [9.17, 15) is 4.39 Å². The van der Waals surface area contributed by atoms with Gasteiger partial charge in [-0.2, -0.15) is 5.10 Å². The Bertz CT molecular complexity index is 2120. The molecule has 0 radical (unpaired) electrons. The minimum atomic E-state index is -0.316. The van der Waals surface area contributed by atoms with Gasteiger partial charge >= 0.3 is 0 Å². The first-order valence-electron chi connectivity index (χ1n) is 15.2. The van der Waals surface area contributed by atoms with Gasteiger partial charge in [0.05, 0.1) is 28.8 Å². The van der Waals surface area contributed by atoms with E-state index in [1.54, 1.807) is 12.4 Å². The van der Waals surface area contributed by atoms with E-state index < -0.39 is 0 Å². The van der Waals surface area contributed by atoms with Crippen molar-refractivity contribution in [2.24, 2.45) is 0 Å². The summed E-state index contributed by atoms with van der Waals surface area (Å²) in [7, 11) is 4.02. The molecule has 0 bridgehead atoms. The summed E-state index contributed by atoms with van der Waals surface area (Å²) in [4.78, 5) is 19.4. The van der Waals surface area contributed by atoms with Gasteiger partial charge in [0, 0.05) is 77.9 Å². The maximum atomic E-state index is 14.7. The molecule has 0 atom stereocenters. The Hall–Kier alpha value is -5.45. The first-order chi connectivity index (χ1) is 22.5. The Labute approximate surface area is 266 Å². The number of nitrogens with one attached hydrogen (secondary N) is 4. The fourth-order valence-electron chi connectivity index (χ4n) is 5.61. The molecule has 5 heterocycles. The van der Waals surface area contributed by atoms with Crippen molar-refractivity contribution in [1.29, 1.82) is 0 Å². The molecule has 0 saturated heterocycles. The number of nitrogens with zero attached hydrogens (tertiary/aromatic N) is 5. The number of pyridine rings is 3. The first kappa shape index (κ1) is 29.3. The lowest BCUT2D eigenvalue weighted by Gasteiger charge is -2.12. The van der Waals surface area contributed by atoms with Gasteiger partial charge in [0.1, 0.15) is 11.5 Å². The molecule has 2 aromatic carbocycles. The second-order valence-electron chi connectivity index (χ2n) is 11.6. The van der Waals surface area contributed by atoms with E-state index in [0.29, 0.717) is 24.3 Å². The number of hydrogen-bond acceptors (Lipinski definition) is 7. The Morgan fingerprint density at radius 2 is 1.63 bits per heavy atom. The summed E-state index contributed by atoms with van der Waals surface area (Å²) in [6.45, 7) is 3.02. The van der Waals surface area contributed by atoms with Crippen molar-refractivity contribution < 1.29 is 4.39 Å². The Morgan fingerprint density at radius 1 is 0.783 bits per heavy atom. The zero-order valence-corrected chi connectivity index (χ0v) is 25.7. The molecule has 46 heavy (non-hydrogen) atoms. The maximum absolute atomic E-state index is 14.7. The van der Waals surface area contributed by atoms with Gasteiger partial charge in [-0.25, -0.2) is 4.39 Å². The van der Waals surface area contributed by atoms with Gasteiger partial charge in [-0.15, -0.1) is 0 Å². The van der Waals surface area contributed by atoms with Crippen LogP contribution < -0.4 is 10.6 Å². The molecule has 0 spiro atoms. The van der Waals surface area contributed by atoms with E-state index in [2.05, 4.69) is 58.9 Å². The van der Waals surface area contributed by atoms with Crippen molar-refractivity contribution in [3.8, 4) is 33.9 Å². The Kier molecular flexibility index (Phi) is 8.20. The molecule has 0 amide bonds. The van der Waals surface area contributed by atoms with Crippen LogP contribution in [0.1, 0.15) is 11.1 Å². The summed E-state index contributed by atoms with van der Waals surface area (Å²) < 4.78 is 14.7. The van der Waals surface area contributed by atoms with Crippen LogP contribution in [0.15, 0.2) is 97.6 Å². The summed E-state index contributed by atoms with van der Waals surface area (Å²) in [6.07, 6.45) is 7.25. The molecule has 5 aromatic heterocycles. The van der Waals surface area contributed by atoms with Gasteiger partial charge in [-0.3, -0.25) is 20.1 Å². The van der Waals surface area contributed by atoms with Crippen LogP contribution in [0.3, 0.4) is 0 Å². The summed E-state index contributed by atoms with van der Waals surface area (Å²) in [5.41, 5.74) is 9.46. The lowest BCUT2D eigenvalue weighted by Crippen LogP contribution is -2.20. The van der Waals surface area contributed by atoms with Crippen molar-refractivity contribution in [3.05, 3.63) is 115 Å². The van der Waals surface area contributed by atoms with Crippen LogP contribution >= 0.6 is 0 Å². The smallest absolute Gasteiger partial charge is 0.125 e. The highest BCUT2D eigenvalue weighted by molar-refractivity contribution is 6.00. The Morgan fingerprint density at radius 3 is 2.50 bits per heavy atom. The number of fused-ring (bicyclic) bond motifs is 2. The average molecular weight is 612 g/mol. The van der Waals surface area contributed by atoms with Crippen LogP contribution in [-0.2, 0) is 13.1 Å². The summed E-state index contributed by atoms with van der Waals surface area (Å²) in [5.74, 6) is -0.316. The predicted octanol–water partition coefficient (Wildman–Crippen LogP) is 6.63. The van der Waals surface area contributed by atoms with Crippen LogP contribution in [0.5, 0.6) is 0 Å². The summed E-state index contributed by atoms with van der Waals surface area (Å²) in [5, 5.41) is 16.4. The number of aromatic nitrogens is 6. The van der Waals surface area contributed by atoms with Crippen molar-refractivity contribution in [2.75, 3.05) is 32.5 Å². The molecular formula is C36H34FN9. The molecule has 0 aliphatic heterocycles. The highest BCUT2D eigenvalue weighted by Gasteiger charge is 2.16. The van der Waals surface area contributed by atoms with Crippen molar-refractivity contribution >= 4 is 27.5 Å². The number of anilines is 1. The quantitative estimate of drug-likeness (QED) is 0.130. The highest BCUT2D eigenvalue weighted by atomic mass is 19.1. The molecule has 0 fully saturated rings. The number of H-pyrrole nitrogens is 2. The topological polar surface area (TPSA) is 110 Å². The molecule has 0 aliphatic carbocycles. The average Bonchev–Trinajstić information content (AvgIpc) is 3.69. The molecule has 230 valence electrons. The van der Waals surface area contributed by atoms with Gasteiger partial charge in [0.15, 0.2) is 0 Å². The van der Waals surface area contributed by atoms with E-state index >= 15 is 0 Å². The first-order valence-corrected chi connectivity index (χ1v) is 15.2. The van der Waals surface area contributed by atoms with Gasteiger partial charge in [-0.1, -0.05) is 30.3 Å². The second-order valence-corrected chi connectivity index (χ2v) is 11.6. The van der Waals surface area contributed by atoms with Crippen LogP contribution in [0.25, 0.3) is 55.7 Å². The summed E-state index contributed by atoms with van der Waals surface area (Å²) >= 11 is 0. The third kappa shape index (κ3) is 6.35. The van der Waals surface area contributed by atoms with Crippen LogP contribution in [0.2, 0.25) is 0 Å². The zero-order valence-electron chi connectivity index (χ0n) is 25.7. The third-order valence-corrected chi connectivity index (χ3v) is 7.90. The molecule has 4 N–H and O–H groups in total. The standard InChI is InChI=1S/C36H34FN9/c1-46(2)11-10-40-28-14-25(13-27(37)15-28)35-29-17-33(43-31(29)8-9-41-35)36-30-16-32(42-22-34(30)44-45-36)26-12-24(20-39-21-26)19-38-18-23-6-4-3-5-7-23/h3-9,12-17,20-22,38,40,43H,10-11,18-19H2,1-2H3,(H,44,45). The van der Waals surface area contributed by atoms with E-state index in [1.165, 1.54) is 17.7 Å². The van der Waals surface area contributed by atoms with Crippen molar-refractivity contribution in [1.82, 2.24) is 40.3 Å². The monoisotopic (exact) mass is 611 g/mol. The number of aromatic amines is 2. The third-order valence-electron chi connectivity index (χ3n) is 7.90. The largest absolute Gasteiger partial charge is 0.384 e. The number of benzene rings is 2. The lowest BCUT2D eigenvalue weighted by atomic mass is 10.1. The van der Waals surface area contributed by atoms with E-state index in [0.717, 1.165) is 68.8 Å². The fraction of sp³-hybridized carbons (Fsp3) is 0.167. The molecule has 7 rings (SSSR count). The van der Waals surface area contributed by atoms with Crippen LogP contribution in [0, 0.1) is 5.82 Å². The second kappa shape index (κ2) is 12.9. The minimum absolute atomic E-state index is 0.316. The molecule has 10 heteroatoms. The van der Waals surface area contributed by atoms with E-state index in [-0.39, 0.29) is 5.82 Å². The molecule has 0 aliphatic rings. The molecular weight excluding hydrogens is 577 g/mol. The lowest BCUT2D eigenvalue weighted by molar-refractivity contribution is 0.425. The molecule has 0 saturated carbocycles. The number of halogens is 1. The van der Waals surface area contributed by atoms with Crippen LogP contribution in [-0.4, -0.2) is 62.2 Å². The molecule has 7 aromatic rings. The van der Waals surface area contributed by atoms with E-state index in [4.69, 9.17) is 4.98 Å². The van der Waals surface area contributed by atoms with Gasteiger partial charge in [-0.05, 0) is 67.7 Å². The van der Waals surface area contributed by atoms with Crippen molar-refractivity contribution in [2.45, 2.75) is 13.1 Å². The number of hydrogen-bond donors (Lipinski definition) is 4. The maximum Gasteiger partial charge on any atom is 0.125 e. The van der Waals surface area contributed by atoms with Gasteiger partial charge in [0.25, 0.3) is 0 Å². The predicted molar refractivity (Wildman–Crippen MR) is 182 cm³/mol. The van der Waals surface area contributed by atoms with Crippen LogP contribution in [0.4, 0.5) is 10.1 Å². The molecule has 9 nitrogen and oxygen atoms in total. The summed E-state index contributed by atoms with van der Waals surface area (Å²) in [6, 6.07) is 23.4. The fourth-order valence-corrected chi connectivity index (χ4v) is 5.61.